The summed E-state index contributed by atoms with van der Waals surface area (Å²) in [4.78, 5) is 43.1. The molecule has 0 saturated heterocycles. The Kier molecular flexibility index (Phi) is 9.65. The fraction of sp³-hybridized carbons (Fsp3) is 0.531. The van der Waals surface area contributed by atoms with Crippen LogP contribution in [0.4, 0.5) is 4.79 Å². The molecule has 3 amide bonds. The van der Waals surface area contributed by atoms with Gasteiger partial charge in [0.2, 0.25) is 11.8 Å². The van der Waals surface area contributed by atoms with Gasteiger partial charge >= 0.3 is 6.09 Å². The molecule has 2 aromatic carbocycles. The number of hydrogen-bond donors (Lipinski definition) is 2. The smallest absolute Gasteiger partial charge is 0.408 e. The van der Waals surface area contributed by atoms with Crippen LogP contribution < -0.4 is 10.6 Å². The standard InChI is InChI=1S/C32H43N3O4/c1-32(2,3)39-31(38)34-27(22-23-14-7-4-8-15-23)30(37)35(26-20-13-21-26)28(24-16-9-5-10-17-24)29(36)33-25-18-11-6-12-19-25/h4-5,7-10,14-17,25-28H,6,11-13,18-22H2,1-3H3,(H,33,36)(H,34,38). The predicted octanol–water partition coefficient (Wildman–Crippen LogP) is 5.69. The first kappa shape index (κ1) is 28.7. The highest BCUT2D eigenvalue weighted by Crippen LogP contribution is 2.34. The van der Waals surface area contributed by atoms with Crippen molar-refractivity contribution >= 4 is 17.9 Å². The second-order valence-corrected chi connectivity index (χ2v) is 11.9. The fourth-order valence-electron chi connectivity index (χ4n) is 5.46. The molecule has 2 aromatic rings. The topological polar surface area (TPSA) is 87.7 Å². The lowest BCUT2D eigenvalue weighted by molar-refractivity contribution is -0.147. The van der Waals surface area contributed by atoms with Crippen molar-refractivity contribution in [2.24, 2.45) is 0 Å². The van der Waals surface area contributed by atoms with Crippen LogP contribution in [0.1, 0.15) is 89.3 Å². The summed E-state index contributed by atoms with van der Waals surface area (Å²) in [6, 6.07) is 17.6. The molecular weight excluding hydrogens is 490 g/mol. The zero-order chi connectivity index (χ0) is 27.8. The number of nitrogens with one attached hydrogen (secondary N) is 2. The van der Waals surface area contributed by atoms with Gasteiger partial charge in [0.15, 0.2) is 0 Å². The second-order valence-electron chi connectivity index (χ2n) is 11.9. The van der Waals surface area contributed by atoms with E-state index in [0.29, 0.717) is 6.42 Å². The molecule has 4 rings (SSSR count). The molecule has 0 bridgehead atoms. The van der Waals surface area contributed by atoms with Crippen LogP contribution in [0.3, 0.4) is 0 Å². The first-order valence-corrected chi connectivity index (χ1v) is 14.4. The molecule has 7 nitrogen and oxygen atoms in total. The molecule has 0 radical (unpaired) electrons. The third-order valence-electron chi connectivity index (χ3n) is 7.59. The van der Waals surface area contributed by atoms with Crippen LogP contribution in [0.5, 0.6) is 0 Å². The lowest BCUT2D eigenvalue weighted by Crippen LogP contribution is -2.58. The molecule has 2 unspecified atom stereocenters. The summed E-state index contributed by atoms with van der Waals surface area (Å²) < 4.78 is 5.53. The number of carbonyl (C=O) groups is 3. The van der Waals surface area contributed by atoms with Crippen molar-refractivity contribution in [3.8, 4) is 0 Å². The van der Waals surface area contributed by atoms with E-state index in [2.05, 4.69) is 10.6 Å². The summed E-state index contributed by atoms with van der Waals surface area (Å²) in [6.07, 6.45) is 7.63. The maximum absolute atomic E-state index is 14.5. The average molecular weight is 534 g/mol. The van der Waals surface area contributed by atoms with Gasteiger partial charge in [0, 0.05) is 18.5 Å². The van der Waals surface area contributed by atoms with E-state index < -0.39 is 23.8 Å². The van der Waals surface area contributed by atoms with Crippen LogP contribution in [0.15, 0.2) is 60.7 Å². The van der Waals surface area contributed by atoms with Crippen LogP contribution in [0, 0.1) is 0 Å². The molecule has 210 valence electrons. The van der Waals surface area contributed by atoms with Crippen LogP contribution in [0.2, 0.25) is 0 Å². The first-order valence-electron chi connectivity index (χ1n) is 14.4. The molecule has 0 aromatic heterocycles. The first-order chi connectivity index (χ1) is 18.7. The van der Waals surface area contributed by atoms with Gasteiger partial charge in [0.25, 0.3) is 0 Å². The molecular formula is C32H43N3O4. The maximum Gasteiger partial charge on any atom is 0.408 e. The van der Waals surface area contributed by atoms with Crippen molar-refractivity contribution in [2.75, 3.05) is 0 Å². The van der Waals surface area contributed by atoms with Crippen LogP contribution in [-0.4, -0.2) is 46.5 Å². The Labute approximate surface area is 232 Å². The van der Waals surface area contributed by atoms with Gasteiger partial charge in [0.05, 0.1) is 0 Å². The van der Waals surface area contributed by atoms with Crippen molar-refractivity contribution in [3.05, 3.63) is 71.8 Å². The summed E-state index contributed by atoms with van der Waals surface area (Å²) in [6.45, 7) is 5.38. The minimum atomic E-state index is -0.878. The Hall–Kier alpha value is -3.35. The highest BCUT2D eigenvalue weighted by atomic mass is 16.6. The van der Waals surface area contributed by atoms with E-state index in [1.54, 1.807) is 25.7 Å². The Morgan fingerprint density at radius 1 is 0.872 bits per heavy atom. The summed E-state index contributed by atoms with van der Waals surface area (Å²) in [5, 5.41) is 6.12. The second kappa shape index (κ2) is 13.1. The fourth-order valence-corrected chi connectivity index (χ4v) is 5.46. The predicted molar refractivity (Wildman–Crippen MR) is 152 cm³/mol. The third-order valence-corrected chi connectivity index (χ3v) is 7.59. The van der Waals surface area contributed by atoms with Crippen molar-refractivity contribution in [1.29, 1.82) is 0 Å². The van der Waals surface area contributed by atoms with E-state index in [9.17, 15) is 14.4 Å². The average Bonchev–Trinajstić information content (AvgIpc) is 2.87. The monoisotopic (exact) mass is 533 g/mol. The Balaban J connectivity index is 1.67. The molecule has 39 heavy (non-hydrogen) atoms. The minimum absolute atomic E-state index is 0.0708. The summed E-state index contributed by atoms with van der Waals surface area (Å²) in [7, 11) is 0. The largest absolute Gasteiger partial charge is 0.444 e. The number of alkyl carbamates (subject to hydrolysis) is 1. The van der Waals surface area contributed by atoms with E-state index in [1.165, 1.54) is 6.42 Å². The molecule has 2 N–H and O–H groups in total. The molecule has 2 atom stereocenters. The normalized spacial score (nSPS) is 17.8. The third kappa shape index (κ3) is 8.07. The molecule has 0 aliphatic heterocycles. The van der Waals surface area contributed by atoms with E-state index >= 15 is 0 Å². The Morgan fingerprint density at radius 2 is 1.49 bits per heavy atom. The number of ether oxygens (including phenoxy) is 1. The van der Waals surface area contributed by atoms with Crippen LogP contribution in [0.25, 0.3) is 0 Å². The van der Waals surface area contributed by atoms with Gasteiger partial charge in [0.1, 0.15) is 17.7 Å². The van der Waals surface area contributed by atoms with Gasteiger partial charge in [-0.3, -0.25) is 9.59 Å². The molecule has 2 saturated carbocycles. The van der Waals surface area contributed by atoms with E-state index in [0.717, 1.165) is 56.1 Å². The molecule has 7 heteroatoms. The SMILES string of the molecule is CC(C)(C)OC(=O)NC(Cc1ccccc1)C(=O)N(C1CCC1)C(C(=O)NC1CCCCC1)c1ccccc1. The van der Waals surface area contributed by atoms with Crippen LogP contribution in [-0.2, 0) is 20.7 Å². The highest BCUT2D eigenvalue weighted by Gasteiger charge is 2.42. The van der Waals surface area contributed by atoms with Gasteiger partial charge < -0.3 is 20.3 Å². The van der Waals surface area contributed by atoms with Crippen molar-refractivity contribution in [1.82, 2.24) is 15.5 Å². The van der Waals surface area contributed by atoms with Crippen molar-refractivity contribution in [3.63, 3.8) is 0 Å². The number of amides is 3. The molecule has 2 aliphatic rings. The zero-order valence-electron chi connectivity index (χ0n) is 23.5. The number of hydrogen-bond acceptors (Lipinski definition) is 4. The molecule has 2 aliphatic carbocycles. The maximum atomic E-state index is 14.5. The summed E-state index contributed by atoms with van der Waals surface area (Å²) in [5.41, 5.74) is 0.995. The number of benzene rings is 2. The van der Waals surface area contributed by atoms with Crippen molar-refractivity contribution in [2.45, 2.75) is 108 Å². The minimum Gasteiger partial charge on any atom is -0.444 e. The van der Waals surface area contributed by atoms with Gasteiger partial charge in [-0.05, 0) is 64.0 Å². The van der Waals surface area contributed by atoms with Gasteiger partial charge in [-0.25, -0.2) is 4.79 Å². The molecule has 0 spiro atoms. The van der Waals surface area contributed by atoms with E-state index in [-0.39, 0.29) is 23.9 Å². The van der Waals surface area contributed by atoms with E-state index in [4.69, 9.17) is 4.74 Å². The van der Waals surface area contributed by atoms with Gasteiger partial charge in [-0.2, -0.15) is 0 Å². The lowest BCUT2D eigenvalue weighted by Gasteiger charge is -2.44. The quantitative estimate of drug-likeness (QED) is 0.433. The van der Waals surface area contributed by atoms with Gasteiger partial charge in [-0.1, -0.05) is 79.9 Å². The number of carbonyl (C=O) groups excluding carboxylic acids is 3. The lowest BCUT2D eigenvalue weighted by atomic mass is 9.87. The Morgan fingerprint density at radius 3 is 2.05 bits per heavy atom. The van der Waals surface area contributed by atoms with Crippen LogP contribution >= 0.6 is 0 Å². The highest BCUT2D eigenvalue weighted by molar-refractivity contribution is 5.92. The van der Waals surface area contributed by atoms with E-state index in [1.807, 2.05) is 60.7 Å². The number of rotatable bonds is 9. The summed E-state index contributed by atoms with van der Waals surface area (Å²) in [5.74, 6) is -0.411. The summed E-state index contributed by atoms with van der Waals surface area (Å²) >= 11 is 0. The van der Waals surface area contributed by atoms with Crippen molar-refractivity contribution < 1.29 is 19.1 Å². The zero-order valence-corrected chi connectivity index (χ0v) is 23.5. The molecule has 2 fully saturated rings. The number of nitrogens with zero attached hydrogens (tertiary/aromatic N) is 1. The van der Waals surface area contributed by atoms with Gasteiger partial charge in [-0.15, -0.1) is 0 Å². The Bertz CT molecular complexity index is 1090. The molecule has 0 heterocycles.